The number of aryl methyl sites for hydroxylation is 1. The Morgan fingerprint density at radius 2 is 1.93 bits per heavy atom. The van der Waals surface area contributed by atoms with Crippen molar-refractivity contribution < 1.29 is 9.47 Å². The second-order valence-electron chi connectivity index (χ2n) is 8.97. The zero-order chi connectivity index (χ0) is 20.4. The maximum absolute atomic E-state index is 6.47. The number of benzene rings is 2. The Hall–Kier alpha value is -2.17. The molecule has 0 spiro atoms. The number of H-pyrrole nitrogens is 1. The standard InChI is InChI=1S/C25H32N2O2/c1-17-26-16-21(27-17)23-22(11-13-25(2,3)24(23)28-4)29-14-12-18-9-10-19-7-5-6-8-20(19)15-18/h5-10,15-16,22-24H,11-14H2,1-4H3,(H,26,27). The van der Waals surface area contributed by atoms with Gasteiger partial charge in [-0.05, 0) is 47.9 Å². The highest BCUT2D eigenvalue weighted by Gasteiger charge is 2.46. The summed E-state index contributed by atoms with van der Waals surface area (Å²) in [6.07, 6.45) is 5.22. The fourth-order valence-corrected chi connectivity index (χ4v) is 4.86. The molecule has 0 aliphatic heterocycles. The van der Waals surface area contributed by atoms with Crippen LogP contribution in [0, 0.1) is 12.3 Å². The lowest BCUT2D eigenvalue weighted by Crippen LogP contribution is -2.47. The van der Waals surface area contributed by atoms with Gasteiger partial charge in [-0.25, -0.2) is 4.98 Å². The van der Waals surface area contributed by atoms with Gasteiger partial charge in [-0.3, -0.25) is 0 Å². The monoisotopic (exact) mass is 392 g/mol. The van der Waals surface area contributed by atoms with Crippen LogP contribution in [0.5, 0.6) is 0 Å². The Morgan fingerprint density at radius 3 is 2.66 bits per heavy atom. The van der Waals surface area contributed by atoms with Gasteiger partial charge >= 0.3 is 0 Å². The van der Waals surface area contributed by atoms with Gasteiger partial charge in [-0.1, -0.05) is 56.3 Å². The van der Waals surface area contributed by atoms with E-state index >= 15 is 0 Å². The third-order valence-corrected chi connectivity index (χ3v) is 6.44. The first-order valence-corrected chi connectivity index (χ1v) is 10.6. The summed E-state index contributed by atoms with van der Waals surface area (Å²) < 4.78 is 12.5. The van der Waals surface area contributed by atoms with E-state index in [0.29, 0.717) is 6.61 Å². The van der Waals surface area contributed by atoms with E-state index < -0.39 is 0 Å². The number of nitrogens with one attached hydrogen (secondary N) is 1. The van der Waals surface area contributed by atoms with Crippen molar-refractivity contribution in [3.63, 3.8) is 0 Å². The minimum absolute atomic E-state index is 0.0989. The van der Waals surface area contributed by atoms with Crippen molar-refractivity contribution >= 4 is 10.8 Å². The number of aromatic nitrogens is 2. The maximum Gasteiger partial charge on any atom is 0.103 e. The lowest BCUT2D eigenvalue weighted by molar-refractivity contribution is -0.104. The molecule has 2 aromatic carbocycles. The number of hydrogen-bond acceptors (Lipinski definition) is 3. The molecule has 4 nitrogen and oxygen atoms in total. The van der Waals surface area contributed by atoms with E-state index in [1.165, 1.54) is 16.3 Å². The summed E-state index contributed by atoms with van der Waals surface area (Å²) in [5.41, 5.74) is 2.55. The van der Waals surface area contributed by atoms with Crippen molar-refractivity contribution in [1.82, 2.24) is 9.97 Å². The zero-order valence-electron chi connectivity index (χ0n) is 17.9. The lowest BCUT2D eigenvalue weighted by Gasteiger charge is -2.46. The van der Waals surface area contributed by atoms with Gasteiger partial charge in [0.25, 0.3) is 0 Å². The van der Waals surface area contributed by atoms with Crippen LogP contribution in [0.4, 0.5) is 0 Å². The van der Waals surface area contributed by atoms with Gasteiger partial charge in [-0.15, -0.1) is 0 Å². The molecule has 1 aliphatic rings. The maximum atomic E-state index is 6.47. The zero-order valence-corrected chi connectivity index (χ0v) is 17.9. The average Bonchev–Trinajstić information content (AvgIpc) is 3.14. The first kappa shape index (κ1) is 20.1. The predicted octanol–water partition coefficient (Wildman–Crippen LogP) is 5.42. The molecule has 3 aromatic rings. The van der Waals surface area contributed by atoms with Crippen molar-refractivity contribution in [3.05, 3.63) is 65.7 Å². The lowest BCUT2D eigenvalue weighted by atomic mass is 9.67. The number of rotatable bonds is 6. The Labute approximate surface area is 173 Å². The molecule has 4 rings (SSSR count). The van der Waals surface area contributed by atoms with Crippen LogP contribution in [0.2, 0.25) is 0 Å². The first-order valence-electron chi connectivity index (χ1n) is 10.6. The summed E-state index contributed by atoms with van der Waals surface area (Å²) in [5, 5.41) is 2.57. The minimum atomic E-state index is 0.0989. The molecule has 1 aromatic heterocycles. The van der Waals surface area contributed by atoms with Gasteiger partial charge in [0.2, 0.25) is 0 Å². The Morgan fingerprint density at radius 1 is 1.14 bits per heavy atom. The molecule has 1 fully saturated rings. The SMILES string of the molecule is COC1C(c2cnc(C)[nH]2)C(OCCc2ccc3ccccc3c2)CCC1(C)C. The molecule has 0 radical (unpaired) electrons. The number of hydrogen-bond donors (Lipinski definition) is 1. The summed E-state index contributed by atoms with van der Waals surface area (Å²) in [7, 11) is 1.82. The molecular weight excluding hydrogens is 360 g/mol. The number of imidazole rings is 1. The van der Waals surface area contributed by atoms with E-state index in [4.69, 9.17) is 9.47 Å². The van der Waals surface area contributed by atoms with E-state index in [0.717, 1.165) is 30.8 Å². The molecule has 3 atom stereocenters. The molecule has 1 heterocycles. The Kier molecular flexibility index (Phi) is 5.75. The fraction of sp³-hybridized carbons (Fsp3) is 0.480. The van der Waals surface area contributed by atoms with E-state index in [9.17, 15) is 0 Å². The van der Waals surface area contributed by atoms with Gasteiger partial charge in [0.15, 0.2) is 0 Å². The van der Waals surface area contributed by atoms with E-state index in [1.807, 2.05) is 20.2 Å². The van der Waals surface area contributed by atoms with Crippen molar-refractivity contribution in [2.24, 2.45) is 5.41 Å². The van der Waals surface area contributed by atoms with Crippen LogP contribution in [-0.2, 0) is 15.9 Å². The number of methoxy groups -OCH3 is 1. The van der Waals surface area contributed by atoms with Gasteiger partial charge in [-0.2, -0.15) is 0 Å². The molecule has 1 N–H and O–H groups in total. The third-order valence-electron chi connectivity index (χ3n) is 6.44. The number of fused-ring (bicyclic) bond motifs is 1. The summed E-state index contributed by atoms with van der Waals surface area (Å²) in [4.78, 5) is 7.87. The van der Waals surface area contributed by atoms with E-state index in [-0.39, 0.29) is 23.5 Å². The van der Waals surface area contributed by atoms with Crippen LogP contribution in [0.15, 0.2) is 48.7 Å². The van der Waals surface area contributed by atoms with Crippen LogP contribution >= 0.6 is 0 Å². The minimum Gasteiger partial charge on any atom is -0.380 e. The molecular formula is C25H32N2O2. The number of ether oxygens (including phenoxy) is 2. The molecule has 0 bridgehead atoms. The van der Waals surface area contributed by atoms with Gasteiger partial charge in [0.05, 0.1) is 24.7 Å². The largest absolute Gasteiger partial charge is 0.380 e. The molecule has 3 unspecified atom stereocenters. The Balaban J connectivity index is 1.48. The van der Waals surface area contributed by atoms with Crippen molar-refractivity contribution in [1.29, 1.82) is 0 Å². The van der Waals surface area contributed by atoms with Crippen molar-refractivity contribution in [2.75, 3.05) is 13.7 Å². The summed E-state index contributed by atoms with van der Waals surface area (Å²) in [5.74, 6) is 1.11. The first-order chi connectivity index (χ1) is 14.0. The smallest absolute Gasteiger partial charge is 0.103 e. The molecule has 1 aliphatic carbocycles. The molecule has 4 heteroatoms. The topological polar surface area (TPSA) is 47.1 Å². The second-order valence-corrected chi connectivity index (χ2v) is 8.97. The number of nitrogens with zero attached hydrogens (tertiary/aromatic N) is 1. The Bertz CT molecular complexity index is 962. The quantitative estimate of drug-likeness (QED) is 0.609. The van der Waals surface area contributed by atoms with Gasteiger partial charge < -0.3 is 14.5 Å². The summed E-state index contributed by atoms with van der Waals surface area (Å²) in [6, 6.07) is 15.2. The van der Waals surface area contributed by atoms with Gasteiger partial charge in [0.1, 0.15) is 5.82 Å². The second kappa shape index (κ2) is 8.29. The van der Waals surface area contributed by atoms with Crippen LogP contribution in [-0.4, -0.2) is 35.9 Å². The molecule has 0 saturated heterocycles. The highest BCUT2D eigenvalue weighted by Crippen LogP contribution is 2.46. The van der Waals surface area contributed by atoms with Crippen LogP contribution in [0.1, 0.15) is 49.7 Å². The normalized spacial score (nSPS) is 24.1. The van der Waals surface area contributed by atoms with Crippen molar-refractivity contribution in [2.45, 2.75) is 58.2 Å². The predicted molar refractivity (Wildman–Crippen MR) is 117 cm³/mol. The van der Waals surface area contributed by atoms with Gasteiger partial charge in [0, 0.05) is 19.0 Å². The highest BCUT2D eigenvalue weighted by atomic mass is 16.5. The van der Waals surface area contributed by atoms with Crippen molar-refractivity contribution in [3.8, 4) is 0 Å². The number of aromatic amines is 1. The third kappa shape index (κ3) is 4.24. The highest BCUT2D eigenvalue weighted by molar-refractivity contribution is 5.82. The molecule has 29 heavy (non-hydrogen) atoms. The molecule has 0 amide bonds. The average molecular weight is 393 g/mol. The van der Waals surface area contributed by atoms with Crippen LogP contribution < -0.4 is 0 Å². The molecule has 1 saturated carbocycles. The van der Waals surface area contributed by atoms with Crippen LogP contribution in [0.3, 0.4) is 0 Å². The molecule has 154 valence electrons. The summed E-state index contributed by atoms with van der Waals surface area (Å²) >= 11 is 0. The summed E-state index contributed by atoms with van der Waals surface area (Å²) in [6.45, 7) is 7.30. The van der Waals surface area contributed by atoms with E-state index in [1.54, 1.807) is 0 Å². The van der Waals surface area contributed by atoms with E-state index in [2.05, 4.69) is 66.3 Å². The van der Waals surface area contributed by atoms with Crippen LogP contribution in [0.25, 0.3) is 10.8 Å². The fourth-order valence-electron chi connectivity index (χ4n) is 4.86.